The van der Waals surface area contributed by atoms with E-state index < -0.39 is 0 Å². The van der Waals surface area contributed by atoms with Gasteiger partial charge in [-0.3, -0.25) is 4.98 Å². The summed E-state index contributed by atoms with van der Waals surface area (Å²) in [5, 5.41) is 0. The fraction of sp³-hybridized carbons (Fsp3) is 0.273. The van der Waals surface area contributed by atoms with Crippen molar-refractivity contribution in [2.45, 2.75) is 19.8 Å². The lowest BCUT2D eigenvalue weighted by molar-refractivity contribution is 0.863. The highest BCUT2D eigenvalue weighted by atomic mass is 79.9. The molecule has 0 saturated heterocycles. The van der Waals surface area contributed by atoms with Crippen LogP contribution in [0.25, 0.3) is 11.5 Å². The van der Waals surface area contributed by atoms with Crippen molar-refractivity contribution >= 4 is 28.1 Å². The molecule has 0 radical (unpaired) electrons. The fourth-order valence-electron chi connectivity index (χ4n) is 1.47. The van der Waals surface area contributed by atoms with E-state index in [2.05, 4.69) is 42.8 Å². The van der Waals surface area contributed by atoms with E-state index in [1.807, 2.05) is 0 Å². The van der Waals surface area contributed by atoms with Gasteiger partial charge in [-0.25, -0.2) is 9.97 Å². The number of rotatable bonds is 3. The monoisotopic (exact) mass is 310 g/mol. The van der Waals surface area contributed by atoms with Crippen molar-refractivity contribution in [3.8, 4) is 11.5 Å². The predicted octanol–water partition coefficient (Wildman–Crippen LogP) is 3.31. The fourth-order valence-corrected chi connectivity index (χ4v) is 2.07. The summed E-state index contributed by atoms with van der Waals surface area (Å²) in [6, 6.07) is 0. The quantitative estimate of drug-likeness (QED) is 0.884. The van der Waals surface area contributed by atoms with Crippen molar-refractivity contribution in [1.82, 2.24) is 19.9 Å². The minimum Gasteiger partial charge on any atom is -0.341 e. The smallest absolute Gasteiger partial charge is 0.159 e. The summed E-state index contributed by atoms with van der Waals surface area (Å²) in [6.45, 7) is 2.12. The molecule has 2 rings (SSSR count). The number of aromatic nitrogens is 4. The highest BCUT2D eigenvalue weighted by Gasteiger charge is 2.08. The second kappa shape index (κ2) is 5.46. The van der Waals surface area contributed by atoms with Crippen molar-refractivity contribution in [1.29, 1.82) is 0 Å². The van der Waals surface area contributed by atoms with E-state index in [0.29, 0.717) is 16.2 Å². The Labute approximate surface area is 113 Å². The Morgan fingerprint density at radius 3 is 2.88 bits per heavy atom. The van der Waals surface area contributed by atoms with Crippen LogP contribution in [0.4, 0.5) is 0 Å². The van der Waals surface area contributed by atoms with Gasteiger partial charge in [0, 0.05) is 18.1 Å². The molecule has 0 aliphatic rings. The molecule has 0 aliphatic heterocycles. The third-order valence-corrected chi connectivity index (χ3v) is 3.65. The summed E-state index contributed by atoms with van der Waals surface area (Å²) in [7, 11) is 0. The molecular formula is C11H11BrN4S. The highest BCUT2D eigenvalue weighted by molar-refractivity contribution is 9.10. The molecule has 0 saturated carbocycles. The van der Waals surface area contributed by atoms with E-state index in [-0.39, 0.29) is 0 Å². The molecular weight excluding hydrogens is 300 g/mol. The van der Waals surface area contributed by atoms with Gasteiger partial charge in [0.15, 0.2) is 5.82 Å². The van der Waals surface area contributed by atoms with Crippen molar-refractivity contribution in [3.63, 3.8) is 0 Å². The Morgan fingerprint density at radius 1 is 1.41 bits per heavy atom. The lowest BCUT2D eigenvalue weighted by atomic mass is 10.2. The molecule has 17 heavy (non-hydrogen) atoms. The third kappa shape index (κ3) is 2.76. The van der Waals surface area contributed by atoms with Gasteiger partial charge in [-0.1, -0.05) is 25.6 Å². The van der Waals surface area contributed by atoms with Gasteiger partial charge in [0.2, 0.25) is 0 Å². The van der Waals surface area contributed by atoms with Gasteiger partial charge >= 0.3 is 0 Å². The number of nitrogens with one attached hydrogen (secondary N) is 1. The van der Waals surface area contributed by atoms with Crippen molar-refractivity contribution < 1.29 is 0 Å². The Hall–Kier alpha value is -1.14. The van der Waals surface area contributed by atoms with Crippen molar-refractivity contribution in [3.05, 3.63) is 33.4 Å². The maximum absolute atomic E-state index is 5.22. The lowest BCUT2D eigenvalue weighted by Gasteiger charge is -2.06. The summed E-state index contributed by atoms with van der Waals surface area (Å²) in [5.41, 5.74) is 1.75. The number of H-pyrrole nitrogens is 1. The van der Waals surface area contributed by atoms with Crippen LogP contribution in [0, 0.1) is 4.64 Å². The van der Waals surface area contributed by atoms with E-state index in [0.717, 1.165) is 23.0 Å². The zero-order valence-electron chi connectivity index (χ0n) is 9.27. The summed E-state index contributed by atoms with van der Waals surface area (Å²) in [5.74, 6) is 0.662. The molecule has 0 aliphatic carbocycles. The standard InChI is InChI=1S/C11H11BrN4S/c1-2-3-7-9(12)11(17)16-10(15-7)8-6-13-4-5-14-8/h4-6H,2-3H2,1H3,(H,15,16,17). The average molecular weight is 311 g/mol. The summed E-state index contributed by atoms with van der Waals surface area (Å²) < 4.78 is 1.41. The Morgan fingerprint density at radius 2 is 2.24 bits per heavy atom. The van der Waals surface area contributed by atoms with E-state index in [1.54, 1.807) is 18.6 Å². The van der Waals surface area contributed by atoms with Crippen molar-refractivity contribution in [2.75, 3.05) is 0 Å². The second-order valence-corrected chi connectivity index (χ2v) is 4.70. The van der Waals surface area contributed by atoms with Crippen LogP contribution in [-0.2, 0) is 6.42 Å². The number of hydrogen-bond acceptors (Lipinski definition) is 4. The largest absolute Gasteiger partial charge is 0.341 e. The molecule has 0 unspecified atom stereocenters. The van der Waals surface area contributed by atoms with Crippen LogP contribution in [0.2, 0.25) is 0 Å². The molecule has 0 aromatic carbocycles. The summed E-state index contributed by atoms with van der Waals surface area (Å²) in [6.07, 6.45) is 6.88. The minimum absolute atomic E-state index is 0.549. The minimum atomic E-state index is 0.549. The number of hydrogen-bond donors (Lipinski definition) is 1. The van der Waals surface area contributed by atoms with Crippen LogP contribution in [0.1, 0.15) is 19.0 Å². The summed E-state index contributed by atoms with van der Waals surface area (Å²) in [4.78, 5) is 15.8. The van der Waals surface area contributed by atoms with E-state index in [9.17, 15) is 0 Å². The molecule has 4 nitrogen and oxygen atoms in total. The number of aryl methyl sites for hydroxylation is 1. The number of nitrogens with zero attached hydrogens (tertiary/aromatic N) is 3. The highest BCUT2D eigenvalue weighted by Crippen LogP contribution is 2.20. The first kappa shape index (κ1) is 12.3. The molecule has 6 heteroatoms. The SMILES string of the molecule is CCCc1[nH]c(-c2cnccn2)nc(=S)c1Br. The Kier molecular flexibility index (Phi) is 3.96. The molecule has 0 spiro atoms. The van der Waals surface area contributed by atoms with Crippen molar-refractivity contribution in [2.24, 2.45) is 0 Å². The first-order valence-corrected chi connectivity index (χ1v) is 6.47. The molecule has 2 aromatic rings. The van der Waals surface area contributed by atoms with Gasteiger partial charge in [-0.2, -0.15) is 0 Å². The maximum atomic E-state index is 5.22. The van der Waals surface area contributed by atoms with Gasteiger partial charge in [0.05, 0.1) is 10.7 Å². The molecule has 0 atom stereocenters. The van der Waals surface area contributed by atoms with Gasteiger partial charge in [-0.05, 0) is 22.4 Å². The van der Waals surface area contributed by atoms with Crippen LogP contribution in [0.5, 0.6) is 0 Å². The average Bonchev–Trinajstić information content (AvgIpc) is 2.36. The second-order valence-electron chi connectivity index (χ2n) is 3.52. The summed E-state index contributed by atoms with van der Waals surface area (Å²) >= 11 is 8.67. The van der Waals surface area contributed by atoms with E-state index in [4.69, 9.17) is 12.2 Å². The van der Waals surface area contributed by atoms with Gasteiger partial charge in [0.1, 0.15) is 10.3 Å². The normalized spacial score (nSPS) is 10.5. The van der Waals surface area contributed by atoms with Gasteiger partial charge in [-0.15, -0.1) is 0 Å². The first-order chi connectivity index (χ1) is 8.22. The Bertz CT molecular complexity index is 567. The van der Waals surface area contributed by atoms with Gasteiger partial charge < -0.3 is 4.98 Å². The topological polar surface area (TPSA) is 54.5 Å². The molecule has 2 aromatic heterocycles. The molecule has 88 valence electrons. The molecule has 0 bridgehead atoms. The molecule has 0 fully saturated rings. The van der Waals surface area contributed by atoms with Crippen LogP contribution < -0.4 is 0 Å². The van der Waals surface area contributed by atoms with Crippen LogP contribution in [-0.4, -0.2) is 19.9 Å². The lowest BCUT2D eigenvalue weighted by Crippen LogP contribution is -1.99. The van der Waals surface area contributed by atoms with Crippen LogP contribution >= 0.6 is 28.1 Å². The zero-order valence-corrected chi connectivity index (χ0v) is 11.7. The molecule has 0 amide bonds. The third-order valence-electron chi connectivity index (χ3n) is 2.24. The van der Waals surface area contributed by atoms with Crippen LogP contribution in [0.15, 0.2) is 23.1 Å². The van der Waals surface area contributed by atoms with Gasteiger partial charge in [0.25, 0.3) is 0 Å². The number of halogens is 1. The zero-order chi connectivity index (χ0) is 12.3. The Balaban J connectivity index is 2.53. The molecule has 1 N–H and O–H groups in total. The van der Waals surface area contributed by atoms with E-state index in [1.165, 1.54) is 0 Å². The maximum Gasteiger partial charge on any atom is 0.159 e. The van der Waals surface area contributed by atoms with Crippen LogP contribution in [0.3, 0.4) is 0 Å². The molecule has 2 heterocycles. The predicted molar refractivity (Wildman–Crippen MR) is 72.1 cm³/mol. The van der Waals surface area contributed by atoms with E-state index >= 15 is 0 Å². The number of aromatic amines is 1. The first-order valence-electron chi connectivity index (χ1n) is 5.27.